The fourth-order valence-corrected chi connectivity index (χ4v) is 8.48. The lowest BCUT2D eigenvalue weighted by atomic mass is 9.92. The molecule has 0 saturated heterocycles. The molecule has 5 rings (SSSR count). The zero-order valence-corrected chi connectivity index (χ0v) is 20.9. The van der Waals surface area contributed by atoms with Crippen LogP contribution in [-0.4, -0.2) is 0 Å². The predicted octanol–water partition coefficient (Wildman–Crippen LogP) is 6.55. The van der Waals surface area contributed by atoms with Crippen molar-refractivity contribution in [2.45, 2.75) is 51.9 Å². The molecule has 0 saturated carbocycles. The van der Waals surface area contributed by atoms with Crippen LogP contribution in [0.4, 0.5) is 0 Å². The molecule has 4 aromatic carbocycles. The van der Waals surface area contributed by atoms with E-state index in [9.17, 15) is 0 Å². The highest BCUT2D eigenvalue weighted by molar-refractivity contribution is 7.85. The zero-order valence-electron chi connectivity index (χ0n) is 20.0. The van der Waals surface area contributed by atoms with Crippen LogP contribution in [0.2, 0.25) is 0 Å². The van der Waals surface area contributed by atoms with Crippen molar-refractivity contribution >= 4 is 23.1 Å². The van der Waals surface area contributed by atoms with Gasteiger partial charge in [0.05, 0.1) is 0 Å². The molecule has 0 aliphatic heterocycles. The standard InChI is InChI=1S/C32H33OP/c1-2-3-13-28-23-27-19-18-25-11-10-12-26(22-25)20-21-29(24-27)32(28)34(33,30-14-6-4-7-15-30)31-16-8-5-9-17-31/h4-12,14-17,22-24H,2-3,13,18-21H2,1H3. The van der Waals surface area contributed by atoms with Crippen LogP contribution in [0.15, 0.2) is 97.1 Å². The highest BCUT2D eigenvalue weighted by Crippen LogP contribution is 2.45. The largest absolute Gasteiger partial charge is 0.309 e. The smallest absolute Gasteiger partial charge is 0.171 e. The van der Waals surface area contributed by atoms with Crippen molar-refractivity contribution in [3.63, 3.8) is 0 Å². The first-order valence-corrected chi connectivity index (χ1v) is 14.3. The van der Waals surface area contributed by atoms with E-state index in [1.165, 1.54) is 27.8 Å². The Bertz CT molecular complexity index is 1260. The van der Waals surface area contributed by atoms with Gasteiger partial charge < -0.3 is 4.57 Å². The molecule has 0 spiro atoms. The molecule has 0 radical (unpaired) electrons. The van der Waals surface area contributed by atoms with Gasteiger partial charge in [-0.2, -0.15) is 0 Å². The van der Waals surface area contributed by atoms with E-state index in [-0.39, 0.29) is 0 Å². The van der Waals surface area contributed by atoms with Gasteiger partial charge in [-0.1, -0.05) is 110 Å². The maximum atomic E-state index is 15.4. The molecule has 0 N–H and O–H groups in total. The Morgan fingerprint density at radius 3 is 1.85 bits per heavy atom. The highest BCUT2D eigenvalue weighted by Gasteiger charge is 2.34. The van der Waals surface area contributed by atoms with E-state index in [4.69, 9.17) is 0 Å². The van der Waals surface area contributed by atoms with Gasteiger partial charge in [0.2, 0.25) is 0 Å². The molecule has 1 aliphatic carbocycles. The summed E-state index contributed by atoms with van der Waals surface area (Å²) >= 11 is 0. The summed E-state index contributed by atoms with van der Waals surface area (Å²) in [7, 11) is -3.03. The van der Waals surface area contributed by atoms with Gasteiger partial charge in [-0.3, -0.25) is 0 Å². The Morgan fingerprint density at radius 2 is 1.24 bits per heavy atom. The third-order valence-electron chi connectivity index (χ3n) is 7.06. The number of hydrogen-bond donors (Lipinski definition) is 0. The Balaban J connectivity index is 1.75. The first kappa shape index (κ1) is 22.9. The summed E-state index contributed by atoms with van der Waals surface area (Å²) in [6, 6.07) is 34.1. The number of rotatable bonds is 6. The van der Waals surface area contributed by atoms with Crippen LogP contribution < -0.4 is 15.9 Å². The minimum absolute atomic E-state index is 0.912. The summed E-state index contributed by atoms with van der Waals surface area (Å²) in [6.07, 6.45) is 7.17. The van der Waals surface area contributed by atoms with Gasteiger partial charge in [-0.05, 0) is 66.3 Å². The van der Waals surface area contributed by atoms with Crippen LogP contribution in [0.5, 0.6) is 0 Å². The van der Waals surface area contributed by atoms with Crippen molar-refractivity contribution < 1.29 is 4.57 Å². The van der Waals surface area contributed by atoms with Crippen molar-refractivity contribution in [3.8, 4) is 0 Å². The molecule has 0 aromatic heterocycles. The second-order valence-corrected chi connectivity index (χ2v) is 12.2. The zero-order chi connectivity index (χ0) is 23.4. The van der Waals surface area contributed by atoms with Gasteiger partial charge in [0.1, 0.15) is 0 Å². The fourth-order valence-electron chi connectivity index (χ4n) is 5.32. The molecule has 2 heteroatoms. The quantitative estimate of drug-likeness (QED) is 0.296. The van der Waals surface area contributed by atoms with Crippen LogP contribution in [0, 0.1) is 0 Å². The number of fused-ring (bicyclic) bond motifs is 4. The van der Waals surface area contributed by atoms with Crippen molar-refractivity contribution in [1.29, 1.82) is 0 Å². The summed E-state index contributed by atoms with van der Waals surface area (Å²) in [6.45, 7) is 2.24. The molecule has 0 heterocycles. The molecule has 34 heavy (non-hydrogen) atoms. The number of hydrogen-bond acceptors (Lipinski definition) is 1. The second-order valence-electron chi connectivity index (χ2n) is 9.47. The van der Waals surface area contributed by atoms with E-state index in [2.05, 4.69) is 67.6 Å². The first-order chi connectivity index (χ1) is 16.7. The Hall–Kier alpha value is -2.89. The monoisotopic (exact) mass is 464 g/mol. The molecule has 0 fully saturated rings. The maximum Gasteiger partial charge on any atom is 0.171 e. The van der Waals surface area contributed by atoms with Gasteiger partial charge in [0.25, 0.3) is 0 Å². The lowest BCUT2D eigenvalue weighted by Crippen LogP contribution is -2.30. The van der Waals surface area contributed by atoms with Crippen LogP contribution in [-0.2, 0) is 36.7 Å². The normalized spacial score (nSPS) is 13.4. The lowest BCUT2D eigenvalue weighted by Gasteiger charge is -2.27. The summed E-state index contributed by atoms with van der Waals surface area (Å²) in [4.78, 5) is 0. The fraction of sp³-hybridized carbons (Fsp3) is 0.250. The Labute approximate surface area is 204 Å². The maximum absolute atomic E-state index is 15.4. The summed E-state index contributed by atoms with van der Waals surface area (Å²) in [5.41, 5.74) is 6.73. The highest BCUT2D eigenvalue weighted by atomic mass is 31.2. The van der Waals surface area contributed by atoms with E-state index < -0.39 is 7.14 Å². The van der Waals surface area contributed by atoms with Gasteiger partial charge in [-0.15, -0.1) is 0 Å². The van der Waals surface area contributed by atoms with Gasteiger partial charge >= 0.3 is 0 Å². The lowest BCUT2D eigenvalue weighted by molar-refractivity contribution is 0.592. The first-order valence-electron chi connectivity index (χ1n) is 12.6. The predicted molar refractivity (Wildman–Crippen MR) is 146 cm³/mol. The number of benzene rings is 4. The molecule has 4 aromatic rings. The molecule has 4 bridgehead atoms. The van der Waals surface area contributed by atoms with Gasteiger partial charge in [-0.25, -0.2) is 0 Å². The minimum Gasteiger partial charge on any atom is -0.309 e. The second kappa shape index (κ2) is 10.2. The van der Waals surface area contributed by atoms with Crippen molar-refractivity contribution in [1.82, 2.24) is 0 Å². The van der Waals surface area contributed by atoms with Crippen LogP contribution in [0.1, 0.15) is 47.6 Å². The van der Waals surface area contributed by atoms with E-state index >= 15 is 4.57 Å². The SMILES string of the molecule is CCCCc1cc2cc(c1P(=O)(c1ccccc1)c1ccccc1)CCc1cccc(c1)CC2. The topological polar surface area (TPSA) is 17.1 Å². The van der Waals surface area contributed by atoms with E-state index in [0.29, 0.717) is 0 Å². The summed E-state index contributed by atoms with van der Waals surface area (Å²) in [5, 5.41) is 2.96. The van der Waals surface area contributed by atoms with E-state index in [1.54, 1.807) is 0 Å². The molecule has 1 nitrogen and oxygen atoms in total. The van der Waals surface area contributed by atoms with Crippen LogP contribution in [0.3, 0.4) is 0 Å². The van der Waals surface area contributed by atoms with Crippen molar-refractivity contribution in [2.75, 3.05) is 0 Å². The third-order valence-corrected chi connectivity index (χ3v) is 10.3. The average molecular weight is 465 g/mol. The summed E-state index contributed by atoms with van der Waals surface area (Å²) < 4.78 is 15.4. The third kappa shape index (κ3) is 4.55. The molecular formula is C32H33OP. The number of aryl methyl sites for hydroxylation is 5. The molecule has 0 atom stereocenters. The van der Waals surface area contributed by atoms with Gasteiger partial charge in [0, 0.05) is 15.9 Å². The van der Waals surface area contributed by atoms with E-state index in [0.717, 1.165) is 60.9 Å². The Kier molecular flexibility index (Phi) is 6.84. The van der Waals surface area contributed by atoms with E-state index in [1.807, 2.05) is 36.4 Å². The average Bonchev–Trinajstić information content (AvgIpc) is 2.90. The summed E-state index contributed by atoms with van der Waals surface area (Å²) in [5.74, 6) is 0. The van der Waals surface area contributed by atoms with Crippen molar-refractivity contribution in [3.05, 3.63) is 125 Å². The van der Waals surface area contributed by atoms with Crippen molar-refractivity contribution in [2.24, 2.45) is 0 Å². The Morgan fingerprint density at radius 1 is 0.647 bits per heavy atom. The molecule has 1 aliphatic rings. The minimum atomic E-state index is -3.03. The van der Waals surface area contributed by atoms with Gasteiger partial charge in [0.15, 0.2) is 7.14 Å². The number of unbranched alkanes of at least 4 members (excludes halogenated alkanes) is 1. The van der Waals surface area contributed by atoms with Crippen LogP contribution >= 0.6 is 7.14 Å². The molecule has 0 amide bonds. The molecular weight excluding hydrogens is 431 g/mol. The molecule has 0 unspecified atom stereocenters. The molecule has 172 valence electrons. The van der Waals surface area contributed by atoms with Crippen LogP contribution in [0.25, 0.3) is 0 Å².